The van der Waals surface area contributed by atoms with Gasteiger partial charge in [-0.15, -0.1) is 0 Å². The molecule has 0 fully saturated rings. The van der Waals surface area contributed by atoms with Gasteiger partial charge in [-0.25, -0.2) is 0 Å². The average molecular weight is 904 g/mol. The van der Waals surface area contributed by atoms with Crippen molar-refractivity contribution in [1.29, 1.82) is 0 Å². The number of nitrogens with zero attached hydrogens (tertiary/aromatic N) is 1. The van der Waals surface area contributed by atoms with E-state index in [1.165, 1.54) is 111 Å². The van der Waals surface area contributed by atoms with Crippen LogP contribution < -0.4 is 4.90 Å². The van der Waals surface area contributed by atoms with Crippen molar-refractivity contribution in [3.05, 3.63) is 244 Å². The highest BCUT2D eigenvalue weighted by molar-refractivity contribution is 5.97. The van der Waals surface area contributed by atoms with Crippen molar-refractivity contribution in [3.63, 3.8) is 0 Å². The fourth-order valence-corrected chi connectivity index (χ4v) is 13.4. The molecule has 9 aromatic carbocycles. The monoisotopic (exact) mass is 903 g/mol. The smallest absolute Gasteiger partial charge is 0.0726 e. The third kappa shape index (κ3) is 5.78. The van der Waals surface area contributed by atoms with Crippen molar-refractivity contribution < 1.29 is 0 Å². The van der Waals surface area contributed by atoms with Crippen LogP contribution in [-0.4, -0.2) is 0 Å². The minimum Gasteiger partial charge on any atom is -0.310 e. The minimum absolute atomic E-state index is 0.0237. The summed E-state index contributed by atoms with van der Waals surface area (Å²) in [6.07, 6.45) is 0. The molecule has 1 nitrogen and oxygen atoms in total. The maximum atomic E-state index is 2.57. The van der Waals surface area contributed by atoms with Crippen molar-refractivity contribution in [2.24, 2.45) is 0 Å². The number of anilines is 3. The Balaban J connectivity index is 1.07. The average Bonchev–Trinajstić information content (AvgIpc) is 3.98. The van der Waals surface area contributed by atoms with Crippen molar-refractivity contribution in [3.8, 4) is 55.6 Å². The van der Waals surface area contributed by atoms with Crippen LogP contribution in [0.4, 0.5) is 17.1 Å². The van der Waals surface area contributed by atoms with Crippen molar-refractivity contribution in [1.82, 2.24) is 0 Å². The largest absolute Gasteiger partial charge is 0.310 e. The van der Waals surface area contributed by atoms with E-state index in [0.717, 1.165) is 17.1 Å². The summed E-state index contributed by atoms with van der Waals surface area (Å²) in [6, 6.07) is 72.9. The van der Waals surface area contributed by atoms with E-state index < -0.39 is 5.41 Å². The molecule has 0 aromatic heterocycles. The Kier molecular flexibility index (Phi) is 8.83. The SMILES string of the molecule is CC(C)(C)c1ccc2c(c1)C1(c3ccccc3-c3ccc(N(c4cccc(-c5cccc6c5C(C)(C)c5ccccc5-6)c4)c4ccc5c(c4)C(C)(C)c4ccccc4-5)cc31)c1cc(C(C)(C)C)ccc1-2. The molecule has 70 heavy (non-hydrogen) atoms. The highest BCUT2D eigenvalue weighted by Crippen LogP contribution is 2.64. The van der Waals surface area contributed by atoms with Gasteiger partial charge in [0.05, 0.1) is 5.41 Å². The summed E-state index contributed by atoms with van der Waals surface area (Å²) in [7, 11) is 0. The molecule has 1 heteroatoms. The van der Waals surface area contributed by atoms with Crippen LogP contribution in [0.25, 0.3) is 55.6 Å². The predicted octanol–water partition coefficient (Wildman–Crippen LogP) is 18.4. The molecule has 0 heterocycles. The molecule has 0 N–H and O–H groups in total. The number of hydrogen-bond acceptors (Lipinski definition) is 1. The third-order valence-corrected chi connectivity index (χ3v) is 17.0. The van der Waals surface area contributed by atoms with Crippen LogP contribution in [0.2, 0.25) is 0 Å². The second kappa shape index (κ2) is 14.4. The maximum Gasteiger partial charge on any atom is 0.0726 e. The van der Waals surface area contributed by atoms with Gasteiger partial charge < -0.3 is 4.90 Å². The highest BCUT2D eigenvalue weighted by atomic mass is 15.1. The molecule has 342 valence electrons. The Morgan fingerprint density at radius 3 is 1.29 bits per heavy atom. The predicted molar refractivity (Wildman–Crippen MR) is 295 cm³/mol. The van der Waals surface area contributed by atoms with E-state index in [1.807, 2.05) is 0 Å². The second-order valence-corrected chi connectivity index (χ2v) is 23.7. The van der Waals surface area contributed by atoms with Gasteiger partial charge in [0.1, 0.15) is 0 Å². The minimum atomic E-state index is -0.518. The molecule has 0 amide bonds. The van der Waals surface area contributed by atoms with Crippen molar-refractivity contribution >= 4 is 17.1 Å². The lowest BCUT2D eigenvalue weighted by Crippen LogP contribution is -2.27. The fourth-order valence-electron chi connectivity index (χ4n) is 13.4. The zero-order valence-corrected chi connectivity index (χ0v) is 42.3. The molecule has 0 atom stereocenters. The molecule has 0 aliphatic heterocycles. The zero-order chi connectivity index (χ0) is 48.3. The van der Waals surface area contributed by atoms with Crippen LogP contribution in [0.1, 0.15) is 125 Å². The maximum absolute atomic E-state index is 2.57. The number of fused-ring (bicyclic) bond motifs is 16. The van der Waals surface area contributed by atoms with Gasteiger partial charge in [-0.3, -0.25) is 0 Å². The summed E-state index contributed by atoms with van der Waals surface area (Å²) >= 11 is 0. The van der Waals surface area contributed by atoms with Gasteiger partial charge >= 0.3 is 0 Å². The molecule has 9 aromatic rings. The summed E-state index contributed by atoms with van der Waals surface area (Å²) < 4.78 is 0. The van der Waals surface area contributed by atoms with Crippen molar-refractivity contribution in [2.45, 2.75) is 96.3 Å². The topological polar surface area (TPSA) is 3.24 Å². The van der Waals surface area contributed by atoms with Gasteiger partial charge in [-0.1, -0.05) is 221 Å². The first-order valence-corrected chi connectivity index (χ1v) is 25.4. The first kappa shape index (κ1) is 42.8. The molecule has 13 rings (SSSR count). The molecule has 0 saturated carbocycles. The lowest BCUT2D eigenvalue weighted by molar-refractivity contribution is 0.586. The molecule has 4 aliphatic carbocycles. The molecule has 0 unspecified atom stereocenters. The van der Waals surface area contributed by atoms with Gasteiger partial charge in [0.15, 0.2) is 0 Å². The van der Waals surface area contributed by atoms with Gasteiger partial charge in [-0.05, 0) is 158 Å². The Morgan fingerprint density at radius 1 is 0.300 bits per heavy atom. The van der Waals surface area contributed by atoms with E-state index in [1.54, 1.807) is 0 Å². The summed E-state index contributed by atoms with van der Waals surface area (Å²) in [5, 5.41) is 0. The first-order valence-electron chi connectivity index (χ1n) is 25.4. The number of hydrogen-bond donors (Lipinski definition) is 0. The molecular weight excluding hydrogens is 843 g/mol. The van der Waals surface area contributed by atoms with Crippen LogP contribution in [0, 0.1) is 0 Å². The second-order valence-electron chi connectivity index (χ2n) is 23.7. The summed E-state index contributed by atoms with van der Waals surface area (Å²) in [6.45, 7) is 23.7. The van der Waals surface area contributed by atoms with E-state index >= 15 is 0 Å². The summed E-state index contributed by atoms with van der Waals surface area (Å²) in [5.41, 5.74) is 29.5. The normalized spacial score (nSPS) is 15.6. The summed E-state index contributed by atoms with van der Waals surface area (Å²) in [4.78, 5) is 2.55. The Morgan fingerprint density at radius 2 is 0.700 bits per heavy atom. The zero-order valence-electron chi connectivity index (χ0n) is 42.3. The molecule has 0 saturated heterocycles. The van der Waals surface area contributed by atoms with Crippen LogP contribution in [0.3, 0.4) is 0 Å². The van der Waals surface area contributed by atoms with E-state index in [4.69, 9.17) is 0 Å². The van der Waals surface area contributed by atoms with E-state index in [-0.39, 0.29) is 21.7 Å². The standard InChI is InChI=1S/C69H61N/c1-65(2,3)43-29-33-53-54-34-30-44(66(4,5)6)39-62(54)69(61(53)38-43)59-28-16-13-22-50(59)55-36-32-47(41-63(55)69)70(46-31-35-52-49-21-11-14-26-57(49)67(7,8)60(52)40-46)45-20-17-19-42(37-45)48-24-18-25-56-51-23-12-15-27-58(51)68(9,10)64(48)56/h11-41H,1-10H3. The van der Waals surface area contributed by atoms with Gasteiger partial charge in [-0.2, -0.15) is 0 Å². The number of rotatable bonds is 4. The molecular formula is C69H61N. The van der Waals surface area contributed by atoms with Crippen LogP contribution in [0.15, 0.2) is 188 Å². The summed E-state index contributed by atoms with van der Waals surface area (Å²) in [5.74, 6) is 0. The van der Waals surface area contributed by atoms with Crippen molar-refractivity contribution in [2.75, 3.05) is 4.90 Å². The number of benzene rings is 9. The molecule has 0 bridgehead atoms. The van der Waals surface area contributed by atoms with E-state index in [0.29, 0.717) is 0 Å². The van der Waals surface area contributed by atoms with E-state index in [9.17, 15) is 0 Å². The first-order chi connectivity index (χ1) is 33.5. The van der Waals surface area contributed by atoms with E-state index in [2.05, 4.69) is 262 Å². The lowest BCUT2D eigenvalue weighted by atomic mass is 9.68. The molecule has 1 spiro atoms. The molecule has 0 radical (unpaired) electrons. The Bertz CT molecular complexity index is 3630. The van der Waals surface area contributed by atoms with Crippen LogP contribution in [0.5, 0.6) is 0 Å². The Labute approximate surface area is 415 Å². The van der Waals surface area contributed by atoms with Crippen LogP contribution >= 0.6 is 0 Å². The lowest BCUT2D eigenvalue weighted by Gasteiger charge is -2.34. The van der Waals surface area contributed by atoms with Gasteiger partial charge in [0.25, 0.3) is 0 Å². The Hall–Kier alpha value is -7.22. The van der Waals surface area contributed by atoms with Crippen LogP contribution in [-0.2, 0) is 27.1 Å². The highest BCUT2D eigenvalue weighted by Gasteiger charge is 2.52. The van der Waals surface area contributed by atoms with Gasteiger partial charge in [0.2, 0.25) is 0 Å². The molecule has 4 aliphatic rings. The third-order valence-electron chi connectivity index (χ3n) is 17.0. The fraction of sp³-hybridized carbons (Fsp3) is 0.217. The quantitative estimate of drug-likeness (QED) is 0.170. The van der Waals surface area contributed by atoms with Gasteiger partial charge in [0, 0.05) is 27.9 Å².